The number of aromatic nitrogens is 4. The van der Waals surface area contributed by atoms with Crippen LogP contribution < -0.4 is 11.2 Å². The monoisotopic (exact) mass is 266 g/mol. The molecule has 0 radical (unpaired) electrons. The molecule has 102 valence electrons. The fraction of sp³-hybridized carbons (Fsp3) is 0.455. The summed E-state index contributed by atoms with van der Waals surface area (Å²) in [6, 6.07) is 0. The zero-order valence-corrected chi connectivity index (χ0v) is 10.9. The van der Waals surface area contributed by atoms with Gasteiger partial charge >= 0.3 is 11.7 Å². The highest BCUT2D eigenvalue weighted by atomic mass is 16.5. The smallest absolute Gasteiger partial charge is 0.332 e. The van der Waals surface area contributed by atoms with Crippen LogP contribution in [0.3, 0.4) is 0 Å². The van der Waals surface area contributed by atoms with Crippen molar-refractivity contribution >= 4 is 17.1 Å². The number of rotatable bonds is 3. The van der Waals surface area contributed by atoms with Gasteiger partial charge in [0, 0.05) is 14.1 Å². The van der Waals surface area contributed by atoms with Gasteiger partial charge in [0.25, 0.3) is 5.56 Å². The standard InChI is InChI=1S/C11H14N4O4/c1-4-19-7(16)5-6-12-8-9(13-6)14(2)11(18)15(3)10(8)17/h4-5H2,1-3H3,(H,12,13). The van der Waals surface area contributed by atoms with E-state index < -0.39 is 17.2 Å². The molecule has 0 spiro atoms. The number of hydrogen-bond donors (Lipinski definition) is 1. The molecule has 0 aromatic carbocycles. The van der Waals surface area contributed by atoms with Gasteiger partial charge in [-0.3, -0.25) is 18.7 Å². The number of carbonyl (C=O) groups excluding carboxylic acids is 1. The van der Waals surface area contributed by atoms with Crippen molar-refractivity contribution in [3.05, 3.63) is 26.7 Å². The Morgan fingerprint density at radius 1 is 1.32 bits per heavy atom. The second kappa shape index (κ2) is 4.71. The molecule has 0 amide bonds. The molecule has 2 aromatic heterocycles. The largest absolute Gasteiger partial charge is 0.466 e. The lowest BCUT2D eigenvalue weighted by molar-refractivity contribution is -0.142. The van der Waals surface area contributed by atoms with Crippen molar-refractivity contribution in [2.45, 2.75) is 13.3 Å². The zero-order chi connectivity index (χ0) is 14.2. The third-order valence-electron chi connectivity index (χ3n) is 2.76. The number of nitrogens with one attached hydrogen (secondary N) is 1. The molecular weight excluding hydrogens is 252 g/mol. The molecule has 8 nitrogen and oxygen atoms in total. The summed E-state index contributed by atoms with van der Waals surface area (Å²) in [7, 11) is 2.90. The molecule has 2 aromatic rings. The summed E-state index contributed by atoms with van der Waals surface area (Å²) in [6.07, 6.45) is -0.0696. The minimum Gasteiger partial charge on any atom is -0.466 e. The number of ether oxygens (including phenoxy) is 1. The molecule has 0 saturated heterocycles. The molecule has 0 bridgehead atoms. The van der Waals surface area contributed by atoms with Crippen molar-refractivity contribution in [2.24, 2.45) is 14.1 Å². The van der Waals surface area contributed by atoms with Crippen LogP contribution in [0.4, 0.5) is 0 Å². The Hall–Kier alpha value is -2.38. The number of H-pyrrole nitrogens is 1. The summed E-state index contributed by atoms with van der Waals surface area (Å²) in [5.74, 6) is -0.143. The van der Waals surface area contributed by atoms with Gasteiger partial charge in [0.15, 0.2) is 5.65 Å². The molecule has 0 atom stereocenters. The number of aromatic amines is 1. The van der Waals surface area contributed by atoms with Crippen LogP contribution in [-0.4, -0.2) is 31.7 Å². The first-order chi connectivity index (χ1) is 8.95. The molecule has 0 unspecified atom stereocenters. The van der Waals surface area contributed by atoms with E-state index in [0.717, 1.165) is 4.57 Å². The first-order valence-corrected chi connectivity index (χ1v) is 5.76. The SMILES string of the molecule is CCOC(=O)Cc1nc2c([nH]1)c(=O)n(C)c(=O)n2C. The van der Waals surface area contributed by atoms with Crippen molar-refractivity contribution < 1.29 is 9.53 Å². The van der Waals surface area contributed by atoms with Crippen LogP contribution >= 0.6 is 0 Å². The molecule has 0 aliphatic carbocycles. The third-order valence-corrected chi connectivity index (χ3v) is 2.76. The summed E-state index contributed by atoms with van der Waals surface area (Å²) in [5.41, 5.74) is -0.510. The second-order valence-corrected chi connectivity index (χ2v) is 4.07. The van der Waals surface area contributed by atoms with Gasteiger partial charge in [-0.1, -0.05) is 0 Å². The number of hydrogen-bond acceptors (Lipinski definition) is 5. The highest BCUT2D eigenvalue weighted by molar-refractivity contribution is 5.75. The van der Waals surface area contributed by atoms with Crippen molar-refractivity contribution in [2.75, 3.05) is 6.61 Å². The number of esters is 1. The van der Waals surface area contributed by atoms with Gasteiger partial charge in [0.2, 0.25) is 0 Å². The molecule has 8 heteroatoms. The lowest BCUT2D eigenvalue weighted by atomic mass is 10.4. The summed E-state index contributed by atoms with van der Waals surface area (Å²) in [4.78, 5) is 41.8. The minimum absolute atomic E-state index is 0.0696. The van der Waals surface area contributed by atoms with E-state index in [1.165, 1.54) is 18.7 Å². The van der Waals surface area contributed by atoms with E-state index in [1.807, 2.05) is 0 Å². The normalized spacial score (nSPS) is 10.9. The maximum Gasteiger partial charge on any atom is 0.332 e. The average Bonchev–Trinajstić information content (AvgIpc) is 2.78. The van der Waals surface area contributed by atoms with Gasteiger partial charge in [-0.15, -0.1) is 0 Å². The molecule has 0 aliphatic heterocycles. The molecule has 1 N–H and O–H groups in total. The number of carbonyl (C=O) groups is 1. The summed E-state index contributed by atoms with van der Waals surface area (Å²) >= 11 is 0. The molecule has 2 rings (SSSR count). The molecule has 19 heavy (non-hydrogen) atoms. The van der Waals surface area contributed by atoms with E-state index in [0.29, 0.717) is 5.82 Å². The number of nitrogens with zero attached hydrogens (tertiary/aromatic N) is 3. The van der Waals surface area contributed by atoms with Crippen molar-refractivity contribution in [1.82, 2.24) is 19.1 Å². The average molecular weight is 266 g/mol. The molecular formula is C11H14N4O4. The van der Waals surface area contributed by atoms with Crippen LogP contribution in [0.5, 0.6) is 0 Å². The van der Waals surface area contributed by atoms with Crippen LogP contribution in [0.2, 0.25) is 0 Å². The molecule has 0 fully saturated rings. The van der Waals surface area contributed by atoms with Gasteiger partial charge in [0.05, 0.1) is 6.61 Å². The minimum atomic E-state index is -0.472. The van der Waals surface area contributed by atoms with E-state index >= 15 is 0 Å². The first-order valence-electron chi connectivity index (χ1n) is 5.76. The fourth-order valence-corrected chi connectivity index (χ4v) is 1.81. The predicted octanol–water partition coefficient (Wildman–Crippen LogP) is -0.934. The lowest BCUT2D eigenvalue weighted by Crippen LogP contribution is -2.36. The van der Waals surface area contributed by atoms with Gasteiger partial charge in [-0.2, -0.15) is 0 Å². The van der Waals surface area contributed by atoms with Gasteiger partial charge in [0.1, 0.15) is 17.8 Å². The van der Waals surface area contributed by atoms with Crippen molar-refractivity contribution in [1.29, 1.82) is 0 Å². The lowest BCUT2D eigenvalue weighted by Gasteiger charge is -2.00. The Bertz CT molecular complexity index is 752. The number of aryl methyl sites for hydroxylation is 1. The van der Waals surface area contributed by atoms with Crippen LogP contribution in [0.1, 0.15) is 12.7 Å². The Kier molecular flexibility index (Phi) is 3.24. The Labute approximate surface area is 107 Å². The van der Waals surface area contributed by atoms with E-state index in [2.05, 4.69) is 9.97 Å². The maximum atomic E-state index is 11.9. The summed E-state index contributed by atoms with van der Waals surface area (Å²) in [6.45, 7) is 1.98. The molecule has 0 saturated carbocycles. The fourth-order valence-electron chi connectivity index (χ4n) is 1.81. The number of fused-ring (bicyclic) bond motifs is 1. The zero-order valence-electron chi connectivity index (χ0n) is 10.9. The van der Waals surface area contributed by atoms with Crippen molar-refractivity contribution in [3.63, 3.8) is 0 Å². The Morgan fingerprint density at radius 3 is 2.63 bits per heavy atom. The highest BCUT2D eigenvalue weighted by Gasteiger charge is 2.15. The Balaban J connectivity index is 2.55. The summed E-state index contributed by atoms with van der Waals surface area (Å²) in [5, 5.41) is 0. The van der Waals surface area contributed by atoms with E-state index in [1.54, 1.807) is 6.92 Å². The van der Waals surface area contributed by atoms with Crippen LogP contribution in [0.15, 0.2) is 9.59 Å². The van der Waals surface area contributed by atoms with E-state index in [9.17, 15) is 14.4 Å². The van der Waals surface area contributed by atoms with Crippen LogP contribution in [0, 0.1) is 0 Å². The van der Waals surface area contributed by atoms with E-state index in [-0.39, 0.29) is 24.2 Å². The van der Waals surface area contributed by atoms with Crippen LogP contribution in [-0.2, 0) is 30.0 Å². The Morgan fingerprint density at radius 2 is 2.00 bits per heavy atom. The molecule has 2 heterocycles. The van der Waals surface area contributed by atoms with Crippen LogP contribution in [0.25, 0.3) is 11.2 Å². The van der Waals surface area contributed by atoms with Gasteiger partial charge < -0.3 is 9.72 Å². The summed E-state index contributed by atoms with van der Waals surface area (Å²) < 4.78 is 7.03. The predicted molar refractivity (Wildman–Crippen MR) is 66.9 cm³/mol. The molecule has 0 aliphatic rings. The quantitative estimate of drug-likeness (QED) is 0.723. The maximum absolute atomic E-state index is 11.9. The first kappa shape index (κ1) is 13.1. The topological polar surface area (TPSA) is 99.0 Å². The second-order valence-electron chi connectivity index (χ2n) is 4.07. The number of imidazole rings is 1. The van der Waals surface area contributed by atoms with Gasteiger partial charge in [-0.25, -0.2) is 9.78 Å². The highest BCUT2D eigenvalue weighted by Crippen LogP contribution is 2.05. The van der Waals surface area contributed by atoms with Crippen molar-refractivity contribution in [3.8, 4) is 0 Å². The van der Waals surface area contributed by atoms with Gasteiger partial charge in [-0.05, 0) is 6.92 Å². The van der Waals surface area contributed by atoms with E-state index in [4.69, 9.17) is 4.74 Å². The third kappa shape index (κ3) is 2.16.